The molecule has 0 saturated heterocycles. The summed E-state index contributed by atoms with van der Waals surface area (Å²) in [5.74, 6) is 8.18. The summed E-state index contributed by atoms with van der Waals surface area (Å²) < 4.78 is 11.4. The Kier molecular flexibility index (Phi) is 71.0. The number of hydrogen-bond acceptors (Lipinski definition) is 14. The fourth-order valence-electron chi connectivity index (χ4n) is 9.71. The molecule has 16 nitrogen and oxygen atoms in total. The first-order valence-electron chi connectivity index (χ1n) is 27.2. The van der Waals surface area contributed by atoms with Gasteiger partial charge in [0.05, 0.1) is 67.7 Å². The molecule has 1 aliphatic carbocycles. The van der Waals surface area contributed by atoms with Gasteiger partial charge in [-0.2, -0.15) is 0 Å². The van der Waals surface area contributed by atoms with Crippen molar-refractivity contribution in [2.75, 3.05) is 87.3 Å². The Balaban J connectivity index is -0.000000635. The molecule has 0 saturated carbocycles. The fourth-order valence-corrected chi connectivity index (χ4v) is 10.2. The van der Waals surface area contributed by atoms with E-state index >= 15 is 0 Å². The van der Waals surface area contributed by atoms with Crippen LogP contribution in [0, 0.1) is 23.7 Å². The van der Waals surface area contributed by atoms with E-state index in [0.29, 0.717) is 32.3 Å². The van der Waals surface area contributed by atoms with Gasteiger partial charge < -0.3 is 69.0 Å². The van der Waals surface area contributed by atoms with Gasteiger partial charge in [0.25, 0.3) is 0 Å². The minimum atomic E-state index is -0.431. The molecule has 0 fully saturated rings. The van der Waals surface area contributed by atoms with Crippen molar-refractivity contribution in [2.45, 2.75) is 200 Å². The van der Waals surface area contributed by atoms with E-state index in [1.807, 2.05) is 0 Å². The number of aliphatic hydroxyl groups excluding tert-OH is 2. The van der Waals surface area contributed by atoms with Crippen molar-refractivity contribution in [2.24, 2.45) is 29.6 Å². The molecular formula is C52H110N4Na2O12P2. The third-order valence-corrected chi connectivity index (χ3v) is 13.5. The smallest absolute Gasteiger partial charge is 0.734 e. The van der Waals surface area contributed by atoms with Crippen LogP contribution in [0.15, 0.2) is 24.3 Å². The quantitative estimate of drug-likeness (QED) is 0.0126. The van der Waals surface area contributed by atoms with E-state index in [4.69, 9.17) is 45.6 Å². The largest absolute Gasteiger partial charge is 1.00 e. The van der Waals surface area contributed by atoms with Crippen LogP contribution in [0.1, 0.15) is 188 Å². The zero-order valence-corrected chi connectivity index (χ0v) is 53.9. The Morgan fingerprint density at radius 2 is 1.01 bits per heavy atom. The fraction of sp³-hybridized carbons (Fsp3) is 0.923. The van der Waals surface area contributed by atoms with Gasteiger partial charge in [0.2, 0.25) is 0 Å². The molecule has 0 spiro atoms. The molecule has 72 heavy (non-hydrogen) atoms. The van der Waals surface area contributed by atoms with E-state index in [9.17, 15) is 10.2 Å². The number of hydrogen-bond donors (Lipinski definition) is 4. The topological polar surface area (TPSA) is 226 Å². The van der Waals surface area contributed by atoms with Crippen LogP contribution in [0.2, 0.25) is 0 Å². The number of likely N-dealkylation sites (N-methyl/N-ethyl adjacent to an activating group) is 2. The normalized spacial score (nSPS) is 17.4. The first-order chi connectivity index (χ1) is 33.7. The van der Waals surface area contributed by atoms with Crippen molar-refractivity contribution in [3.8, 4) is 0 Å². The van der Waals surface area contributed by atoms with Crippen molar-refractivity contribution >= 4 is 18.9 Å². The molecule has 0 aromatic rings. The van der Waals surface area contributed by atoms with Gasteiger partial charge in [0.15, 0.2) is 0 Å². The van der Waals surface area contributed by atoms with Crippen LogP contribution in [-0.2, 0) is 28.8 Å². The van der Waals surface area contributed by atoms with E-state index in [-0.39, 0.29) is 65.2 Å². The predicted octanol–water partition coefficient (Wildman–Crippen LogP) is 0.781. The first-order valence-corrected chi connectivity index (χ1v) is 28.2. The summed E-state index contributed by atoms with van der Waals surface area (Å²) in [5, 5.41) is 54.5. The number of nitrogens with zero attached hydrogens (tertiary/aromatic N) is 2. The van der Waals surface area contributed by atoms with E-state index in [1.54, 1.807) is 10.1 Å². The molecule has 0 bridgehead atoms. The Morgan fingerprint density at radius 1 is 0.583 bits per heavy atom. The molecule has 1 aliphatic rings. The Labute approximate surface area is 490 Å². The van der Waals surface area contributed by atoms with Crippen LogP contribution in [0.4, 0.5) is 0 Å². The van der Waals surface area contributed by atoms with E-state index in [0.717, 1.165) is 85.2 Å². The number of nitrogens with two attached hydrogens (primary N) is 1. The maximum atomic E-state index is 10.0. The van der Waals surface area contributed by atoms with Gasteiger partial charge in [0.1, 0.15) is 25.3 Å². The average Bonchev–Trinajstić information content (AvgIpc) is 3.30. The van der Waals surface area contributed by atoms with Crippen molar-refractivity contribution in [1.82, 2.24) is 5.48 Å². The molecule has 0 aliphatic heterocycles. The van der Waals surface area contributed by atoms with Crippen molar-refractivity contribution in [1.29, 1.82) is 0 Å². The van der Waals surface area contributed by atoms with Crippen LogP contribution >= 0.6 is 18.9 Å². The molecule has 422 valence electrons. The Bertz CT molecular complexity index is 1120. The molecule has 5 N–H and O–H groups in total. The zero-order valence-electron chi connectivity index (χ0n) is 47.6. The van der Waals surface area contributed by atoms with Crippen LogP contribution < -0.4 is 91.5 Å². The summed E-state index contributed by atoms with van der Waals surface area (Å²) >= 11 is 0. The molecule has 8 atom stereocenters. The molecule has 0 heterocycles. The monoisotopic (exact) mass is 1090 g/mol. The summed E-state index contributed by atoms with van der Waals surface area (Å²) in [6, 6.07) is 0. The van der Waals surface area contributed by atoms with E-state index in [2.05, 4.69) is 97.7 Å². The third-order valence-electron chi connectivity index (χ3n) is 13.2. The molecular weight excluding hydrogens is 981 g/mol. The molecule has 8 unspecified atom stereocenters. The molecule has 0 amide bonds. The number of hydroxylamine groups is 1. The van der Waals surface area contributed by atoms with Crippen molar-refractivity contribution < 1.29 is 128 Å². The second-order valence-electron chi connectivity index (χ2n) is 20.7. The molecule has 0 radical (unpaired) electrons. The van der Waals surface area contributed by atoms with Crippen LogP contribution in [0.3, 0.4) is 0 Å². The third kappa shape index (κ3) is 56.4. The van der Waals surface area contributed by atoms with Gasteiger partial charge in [-0.05, 0) is 75.0 Å². The maximum Gasteiger partial charge on any atom is 1.00 e. The number of aliphatic hydroxyl groups is 2. The van der Waals surface area contributed by atoms with Gasteiger partial charge in [0, 0.05) is 31.9 Å². The summed E-state index contributed by atoms with van der Waals surface area (Å²) in [7, 11) is 12.9. The number of rotatable bonds is 44. The SMILES string of the molecule is CCCCCCC1C=CC(CCCCCCCCONCCC[N+](C)(C)CC(O)COP)C(/C=C/CCCCCCCCON)C1CCCCCC.CCC[N+](C)(C)CC(O)COP.[Na+].[Na+].[O-]O[O-].[O-]O[O-]. The summed E-state index contributed by atoms with van der Waals surface area (Å²) in [4.78, 5) is 10.4. The van der Waals surface area contributed by atoms with E-state index < -0.39 is 6.10 Å². The molecule has 20 heteroatoms. The molecule has 0 aromatic heterocycles. The Hall–Kier alpha value is 1.70. The van der Waals surface area contributed by atoms with Gasteiger partial charge >= 0.3 is 59.1 Å². The Morgan fingerprint density at radius 3 is 1.51 bits per heavy atom. The minimum Gasteiger partial charge on any atom is -0.734 e. The summed E-state index contributed by atoms with van der Waals surface area (Å²) in [5.41, 5.74) is 3.15. The maximum absolute atomic E-state index is 10.0. The second-order valence-corrected chi connectivity index (χ2v) is 21.3. The zero-order chi connectivity index (χ0) is 53.0. The van der Waals surface area contributed by atoms with Crippen LogP contribution in [0.25, 0.3) is 0 Å². The number of allylic oxidation sites excluding steroid dienone is 4. The number of nitrogens with one attached hydrogen (secondary N) is 1. The van der Waals surface area contributed by atoms with Crippen molar-refractivity contribution in [3.05, 3.63) is 24.3 Å². The predicted molar refractivity (Wildman–Crippen MR) is 283 cm³/mol. The average molecular weight is 1090 g/mol. The standard InChI is InChI=1S/C44H89N3O4P.C8H21NO2P.2Na.2H2O3/c1-5-7-9-21-28-40-32-33-41(44(43(40)30-23-10-8-6-2)31-24-18-13-11-12-15-19-25-36-49-45)29-22-17-14-16-20-26-37-50-46-34-27-35-47(3,4)38-42(48)39-51-52;1-4-5-9(2,3)6-8(10)7-11-12;;;2*1-3-2/h24,31-33,40-44,46,48H,5-23,25-30,34-39,45,52H2,1-4H3;8,10H,4-7,12H2,1-3H3;;;2*1-2H/q4*+1;;/p-4/b31-24+;;;;;. The molecule has 0 aromatic carbocycles. The number of unbranched alkanes of at least 4 members (excludes halogenated alkanes) is 17. The summed E-state index contributed by atoms with van der Waals surface area (Å²) in [6.07, 6.45) is 43.7. The van der Waals surface area contributed by atoms with Gasteiger partial charge in [-0.3, -0.25) is 0 Å². The van der Waals surface area contributed by atoms with Gasteiger partial charge in [-0.25, -0.2) is 11.4 Å². The molecule has 1 rings (SSSR count). The number of quaternary nitrogens is 2. The van der Waals surface area contributed by atoms with Gasteiger partial charge in [-0.15, -0.1) is 0 Å². The first kappa shape index (κ1) is 82.5. The van der Waals surface area contributed by atoms with Crippen LogP contribution in [-0.4, -0.2) is 119 Å². The minimum absolute atomic E-state index is 0. The summed E-state index contributed by atoms with van der Waals surface area (Å²) in [6.45, 7) is 13.4. The van der Waals surface area contributed by atoms with Crippen molar-refractivity contribution in [3.63, 3.8) is 0 Å². The second kappa shape index (κ2) is 61.9. The van der Waals surface area contributed by atoms with Gasteiger partial charge in [-0.1, -0.05) is 154 Å². The van der Waals surface area contributed by atoms with Crippen LogP contribution in [0.5, 0.6) is 0 Å². The van der Waals surface area contributed by atoms with E-state index in [1.165, 1.54) is 141 Å².